The van der Waals surface area contributed by atoms with Gasteiger partial charge in [-0.05, 0) is 84.9 Å². The highest BCUT2D eigenvalue weighted by atomic mass is 35.5. The van der Waals surface area contributed by atoms with Crippen molar-refractivity contribution in [2.45, 2.75) is 70.4 Å². The number of halogens is 1. The molecule has 3 heterocycles. The van der Waals surface area contributed by atoms with E-state index in [1.165, 1.54) is 23.1 Å². The monoisotopic (exact) mass is 769 g/mol. The van der Waals surface area contributed by atoms with Gasteiger partial charge in [0.2, 0.25) is 0 Å². The number of nitrogens with one attached hydrogen (secondary N) is 2. The zero-order chi connectivity index (χ0) is 37.9. The fraction of sp³-hybridized carbons (Fsp3) is 0.564. The number of aryl methyl sites for hydroxylation is 1. The van der Waals surface area contributed by atoms with Crippen LogP contribution in [0.1, 0.15) is 67.9 Å². The van der Waals surface area contributed by atoms with E-state index in [1.54, 1.807) is 25.3 Å². The number of allylic oxidation sites excluding steroid dienone is 1. The molecule has 1 saturated heterocycles. The van der Waals surface area contributed by atoms with Gasteiger partial charge in [-0.25, -0.2) is 13.8 Å². The second kappa shape index (κ2) is 16.3. The van der Waals surface area contributed by atoms with E-state index in [4.69, 9.17) is 25.8 Å². The largest absolute Gasteiger partial charge is 0.490 e. The summed E-state index contributed by atoms with van der Waals surface area (Å²) in [6.07, 6.45) is 7.82. The molecule has 2 aromatic rings. The van der Waals surface area contributed by atoms with Crippen LogP contribution in [0.2, 0.25) is 5.02 Å². The zero-order valence-electron chi connectivity index (χ0n) is 31.3. The van der Waals surface area contributed by atoms with Crippen molar-refractivity contribution in [3.8, 4) is 5.75 Å². The Hall–Kier alpha value is -3.81. The lowest BCUT2D eigenvalue weighted by molar-refractivity contribution is 0.0637. The van der Waals surface area contributed by atoms with E-state index < -0.39 is 27.9 Å². The fourth-order valence-electron chi connectivity index (χ4n) is 8.48. The number of methoxy groups -OCH3 is 2. The van der Waals surface area contributed by atoms with Gasteiger partial charge in [0, 0.05) is 49.3 Å². The first-order valence-electron chi connectivity index (χ1n) is 18.6. The SMILES string of the molecule is CC[C@H]1[C@@H](OC)/C=C/C[C@H](C)CS(=O)(NC(=O)NC2CN(C(=O)OC)C2)=NC(=O)c2ccc3c(c2)N(C[C@@H]1C)C[C@@]1(CCCc2cc(Cl)ccc21)CO3. The molecule has 4 aliphatic rings. The fourth-order valence-corrected chi connectivity index (χ4v) is 10.5. The van der Waals surface area contributed by atoms with E-state index >= 15 is 0 Å². The van der Waals surface area contributed by atoms with Crippen molar-refractivity contribution in [2.75, 3.05) is 57.7 Å². The molecule has 2 aromatic carbocycles. The Morgan fingerprint density at radius 1 is 1.13 bits per heavy atom. The van der Waals surface area contributed by atoms with Crippen molar-refractivity contribution in [1.29, 1.82) is 0 Å². The molecular formula is C39H52ClN5O7S. The van der Waals surface area contributed by atoms with Gasteiger partial charge in [-0.3, -0.25) is 9.52 Å². The number of rotatable bonds is 4. The molecule has 6 rings (SSSR count). The summed E-state index contributed by atoms with van der Waals surface area (Å²) >= 11 is 6.46. The average Bonchev–Trinajstić information content (AvgIpc) is 3.24. The summed E-state index contributed by atoms with van der Waals surface area (Å²) in [5.74, 6) is 0.125. The Morgan fingerprint density at radius 2 is 1.92 bits per heavy atom. The van der Waals surface area contributed by atoms with Crippen LogP contribution in [0.3, 0.4) is 0 Å². The molecular weight excluding hydrogens is 718 g/mol. The molecule has 0 aromatic heterocycles. The molecule has 288 valence electrons. The molecule has 2 bridgehead atoms. The van der Waals surface area contributed by atoms with Crippen LogP contribution in [0.4, 0.5) is 15.3 Å². The quantitative estimate of drug-likeness (QED) is 0.343. The summed E-state index contributed by atoms with van der Waals surface area (Å²) in [4.78, 5) is 42.7. The molecule has 1 aliphatic carbocycles. The van der Waals surface area contributed by atoms with E-state index in [0.717, 1.165) is 36.4 Å². The Balaban J connectivity index is 1.37. The predicted molar refractivity (Wildman–Crippen MR) is 206 cm³/mol. The average molecular weight is 770 g/mol. The Bertz CT molecular complexity index is 1860. The Morgan fingerprint density at radius 3 is 2.66 bits per heavy atom. The van der Waals surface area contributed by atoms with Crippen LogP contribution in [0, 0.1) is 17.8 Å². The zero-order valence-corrected chi connectivity index (χ0v) is 32.8. The Labute approximate surface area is 318 Å². The molecule has 4 amide bonds. The summed E-state index contributed by atoms with van der Waals surface area (Å²) in [5.41, 5.74) is 3.21. The van der Waals surface area contributed by atoms with Crippen molar-refractivity contribution < 1.29 is 32.8 Å². The van der Waals surface area contributed by atoms with Crippen molar-refractivity contribution in [1.82, 2.24) is 14.9 Å². The lowest BCUT2D eigenvalue weighted by atomic mass is 9.70. The van der Waals surface area contributed by atoms with Gasteiger partial charge in [-0.2, -0.15) is 0 Å². The molecule has 3 aliphatic heterocycles. The number of likely N-dealkylation sites (tertiary alicyclic amines) is 1. The van der Waals surface area contributed by atoms with E-state index in [-0.39, 0.29) is 59.7 Å². The minimum atomic E-state index is -3.59. The molecule has 53 heavy (non-hydrogen) atoms. The van der Waals surface area contributed by atoms with Gasteiger partial charge in [0.1, 0.15) is 15.7 Å². The van der Waals surface area contributed by atoms with Crippen molar-refractivity contribution in [3.05, 3.63) is 70.3 Å². The van der Waals surface area contributed by atoms with Gasteiger partial charge >= 0.3 is 12.1 Å². The number of carbonyl (C=O) groups excluding carboxylic acids is 3. The number of fused-ring (bicyclic) bond motifs is 3. The van der Waals surface area contributed by atoms with Gasteiger partial charge in [0.25, 0.3) is 5.91 Å². The second-order valence-electron chi connectivity index (χ2n) is 15.2. The molecule has 1 unspecified atom stereocenters. The third-order valence-electron chi connectivity index (χ3n) is 11.2. The summed E-state index contributed by atoms with van der Waals surface area (Å²) in [7, 11) is -0.557. The number of amides is 4. The number of ether oxygens (including phenoxy) is 3. The summed E-state index contributed by atoms with van der Waals surface area (Å²) < 4.78 is 38.7. The number of urea groups is 1. The first-order valence-corrected chi connectivity index (χ1v) is 20.6. The number of carbonyl (C=O) groups is 3. The lowest BCUT2D eigenvalue weighted by Gasteiger charge is -2.42. The standard InChI is InChI=1S/C39H52ClN5O7S/c1-6-31-26(3)19-45-23-39(16-8-10-27-17-29(40)13-14-32(27)39)24-52-35-15-12-28(18-33(35)45)36(46)42-53(49,22-25(2)9-7-11-34(31)50-4)43-37(47)41-30-20-44(21-30)38(48)51-5/h7,11-15,17-18,25-26,30-31,34H,6,8-10,16,19-24H2,1-5H3,(H2,41,42,43,46,47,49)/b11-7+/t25-,26-,31+,34-,39-,53?/m0/s1. The van der Waals surface area contributed by atoms with Gasteiger partial charge in [0.15, 0.2) is 0 Å². The smallest absolute Gasteiger partial charge is 0.409 e. The maximum absolute atomic E-state index is 14.5. The highest BCUT2D eigenvalue weighted by Crippen LogP contribution is 2.45. The minimum absolute atomic E-state index is 0.0488. The van der Waals surface area contributed by atoms with E-state index in [2.05, 4.69) is 51.4 Å². The predicted octanol–water partition coefficient (Wildman–Crippen LogP) is 6.36. The maximum atomic E-state index is 14.5. The van der Waals surface area contributed by atoms with Crippen molar-refractivity contribution in [3.63, 3.8) is 0 Å². The second-order valence-corrected chi connectivity index (χ2v) is 17.6. The lowest BCUT2D eigenvalue weighted by Crippen LogP contribution is -2.62. The van der Waals surface area contributed by atoms with E-state index in [0.29, 0.717) is 31.9 Å². The number of hydrogen-bond donors (Lipinski definition) is 2. The number of nitrogens with zero attached hydrogens (tertiary/aromatic N) is 3. The van der Waals surface area contributed by atoms with E-state index in [9.17, 15) is 18.6 Å². The van der Waals surface area contributed by atoms with Crippen molar-refractivity contribution >= 4 is 45.2 Å². The molecule has 1 spiro atoms. The van der Waals surface area contributed by atoms with Crippen LogP contribution in [-0.2, 0) is 31.2 Å². The third-order valence-corrected chi connectivity index (χ3v) is 13.4. The normalized spacial score (nSPS) is 29.8. The topological polar surface area (TPSA) is 139 Å². The first-order chi connectivity index (χ1) is 25.4. The molecule has 6 atom stereocenters. The first kappa shape index (κ1) is 38.9. The minimum Gasteiger partial charge on any atom is -0.490 e. The summed E-state index contributed by atoms with van der Waals surface area (Å²) in [5, 5.41) is 3.47. The van der Waals surface area contributed by atoms with Gasteiger partial charge in [-0.15, -0.1) is 4.36 Å². The highest BCUT2D eigenvalue weighted by Gasteiger charge is 2.43. The summed E-state index contributed by atoms with van der Waals surface area (Å²) in [6, 6.07) is 10.3. The van der Waals surface area contributed by atoms with E-state index in [1.807, 2.05) is 19.1 Å². The van der Waals surface area contributed by atoms with Crippen LogP contribution >= 0.6 is 11.6 Å². The molecule has 2 N–H and O–H groups in total. The van der Waals surface area contributed by atoms with Crippen molar-refractivity contribution in [2.24, 2.45) is 22.1 Å². The van der Waals surface area contributed by atoms with Crippen LogP contribution in [0.15, 0.2) is 52.9 Å². The molecule has 0 saturated carbocycles. The number of hydrogen-bond acceptors (Lipinski definition) is 8. The van der Waals surface area contributed by atoms with Gasteiger partial charge in [-0.1, -0.05) is 57.0 Å². The maximum Gasteiger partial charge on any atom is 0.409 e. The molecule has 12 nitrogen and oxygen atoms in total. The number of anilines is 1. The summed E-state index contributed by atoms with van der Waals surface area (Å²) in [6.45, 7) is 8.70. The molecule has 14 heteroatoms. The van der Waals surface area contributed by atoms with Crippen LogP contribution in [0.5, 0.6) is 5.75 Å². The van der Waals surface area contributed by atoms with Gasteiger partial charge < -0.3 is 29.3 Å². The van der Waals surface area contributed by atoms with Gasteiger partial charge in [0.05, 0.1) is 37.3 Å². The third kappa shape index (κ3) is 8.62. The highest BCUT2D eigenvalue weighted by molar-refractivity contribution is 7.92. The van der Waals surface area contributed by atoms with Crippen LogP contribution in [-0.4, -0.2) is 92.0 Å². The molecule has 1 fully saturated rings. The number of benzene rings is 2. The van der Waals surface area contributed by atoms with Crippen LogP contribution < -0.4 is 19.7 Å². The molecule has 0 radical (unpaired) electrons. The van der Waals surface area contributed by atoms with Crippen LogP contribution in [0.25, 0.3) is 0 Å². The Kier molecular flexibility index (Phi) is 11.9.